The van der Waals surface area contributed by atoms with Gasteiger partial charge in [-0.1, -0.05) is 111 Å². The Morgan fingerprint density at radius 3 is 1.81 bits per heavy atom. The normalized spacial score (nSPS) is 12.0. The number of aryl methyl sites for hydroxylation is 1. The second kappa shape index (κ2) is 19.3. The number of rotatable bonds is 12. The molecule has 0 heterocycles. The van der Waals surface area contributed by atoms with Gasteiger partial charge in [-0.15, -0.1) is 0 Å². The SMILES string of the molecule is C=C(C)N=C(C(=C)C)C(=C(C)C)c1cccc(C)c1C.CC.CCCC(CC)(CCC)C[C@@H](C)CC. The third-order valence-corrected chi connectivity index (χ3v) is 7.11. The molecule has 1 aromatic carbocycles. The average Bonchev–Trinajstić information content (AvgIpc) is 2.82. The summed E-state index contributed by atoms with van der Waals surface area (Å²) in [5.41, 5.74) is 9.58. The lowest BCUT2D eigenvalue weighted by Gasteiger charge is -2.35. The molecule has 0 saturated carbocycles. The Bertz CT molecular complexity index is 839. The Morgan fingerprint density at radius 2 is 1.44 bits per heavy atom. The van der Waals surface area contributed by atoms with Crippen molar-refractivity contribution in [1.29, 1.82) is 0 Å². The predicted octanol–water partition coefficient (Wildman–Crippen LogP) is 12.1. The van der Waals surface area contributed by atoms with Crippen LogP contribution in [0, 0.1) is 25.2 Å². The lowest BCUT2D eigenvalue weighted by atomic mass is 9.71. The van der Waals surface area contributed by atoms with Crippen molar-refractivity contribution in [1.82, 2.24) is 0 Å². The van der Waals surface area contributed by atoms with Crippen molar-refractivity contribution in [3.05, 3.63) is 64.9 Å². The number of allylic oxidation sites excluding steroid dienone is 4. The lowest BCUT2D eigenvalue weighted by molar-refractivity contribution is 0.169. The molecular formula is C35H61N. The van der Waals surface area contributed by atoms with Crippen molar-refractivity contribution in [2.45, 2.75) is 135 Å². The molecule has 0 spiro atoms. The maximum atomic E-state index is 4.61. The molecule has 0 unspecified atom stereocenters. The Kier molecular flexibility index (Phi) is 19.4. The highest BCUT2D eigenvalue weighted by Crippen LogP contribution is 2.40. The van der Waals surface area contributed by atoms with E-state index in [2.05, 4.69) is 98.7 Å². The molecule has 0 aliphatic heterocycles. The highest BCUT2D eigenvalue weighted by Gasteiger charge is 2.27. The van der Waals surface area contributed by atoms with Crippen LogP contribution in [0.5, 0.6) is 0 Å². The van der Waals surface area contributed by atoms with Crippen molar-refractivity contribution in [2.24, 2.45) is 16.3 Å². The van der Waals surface area contributed by atoms with Crippen LogP contribution in [0.25, 0.3) is 5.57 Å². The summed E-state index contributed by atoms with van der Waals surface area (Å²) in [6.07, 6.45) is 9.73. The van der Waals surface area contributed by atoms with Gasteiger partial charge >= 0.3 is 0 Å². The number of benzene rings is 1. The van der Waals surface area contributed by atoms with Crippen molar-refractivity contribution in [3.8, 4) is 0 Å². The summed E-state index contributed by atoms with van der Waals surface area (Å²) in [4.78, 5) is 4.61. The van der Waals surface area contributed by atoms with Crippen LogP contribution < -0.4 is 0 Å². The molecule has 0 bridgehead atoms. The zero-order valence-electron chi connectivity index (χ0n) is 26.6. The molecule has 1 rings (SSSR count). The smallest absolute Gasteiger partial charge is 0.0733 e. The first-order valence-corrected chi connectivity index (χ1v) is 14.5. The number of hydrogen-bond acceptors (Lipinski definition) is 1. The van der Waals surface area contributed by atoms with Gasteiger partial charge in [-0.3, -0.25) is 4.99 Å². The lowest BCUT2D eigenvalue weighted by Crippen LogP contribution is -2.22. The van der Waals surface area contributed by atoms with Gasteiger partial charge in [-0.25, -0.2) is 0 Å². The van der Waals surface area contributed by atoms with E-state index < -0.39 is 0 Å². The molecule has 206 valence electrons. The highest BCUT2D eigenvalue weighted by atomic mass is 14.7. The summed E-state index contributed by atoms with van der Waals surface area (Å²) >= 11 is 0. The monoisotopic (exact) mass is 495 g/mol. The minimum atomic E-state index is 0.666. The third kappa shape index (κ3) is 12.4. The second-order valence-electron chi connectivity index (χ2n) is 10.7. The van der Waals surface area contributed by atoms with Crippen molar-refractivity contribution >= 4 is 11.3 Å². The molecule has 0 aromatic heterocycles. The van der Waals surface area contributed by atoms with Gasteiger partial charge in [0.25, 0.3) is 0 Å². The van der Waals surface area contributed by atoms with Crippen LogP contribution in [-0.4, -0.2) is 5.71 Å². The second-order valence-corrected chi connectivity index (χ2v) is 10.7. The molecule has 0 amide bonds. The first-order valence-electron chi connectivity index (χ1n) is 14.5. The molecule has 0 N–H and O–H groups in total. The van der Waals surface area contributed by atoms with Crippen LogP contribution in [0.2, 0.25) is 0 Å². The van der Waals surface area contributed by atoms with Gasteiger partial charge in [0.1, 0.15) is 0 Å². The summed E-state index contributed by atoms with van der Waals surface area (Å²) in [5.74, 6) is 0.910. The standard InChI is InChI=1S/C19H25N.C14H30.C2H6/c1-12(2)18(19(13(3)4)20-14(5)6)17-11-9-10-15(7)16(17)8;1-6-10-14(9-4,11-7-2)12-13(5)8-3;1-2/h9-11H,3,5H2,1-2,4,6-8H3;13H,6-12H2,1-5H3;1-2H3/t;13-;/m.0./s1. The van der Waals surface area contributed by atoms with Crippen LogP contribution in [0.1, 0.15) is 138 Å². The molecule has 0 saturated heterocycles. The molecule has 0 aliphatic carbocycles. The van der Waals surface area contributed by atoms with Gasteiger partial charge in [-0.2, -0.15) is 0 Å². The van der Waals surface area contributed by atoms with Crippen molar-refractivity contribution < 1.29 is 0 Å². The van der Waals surface area contributed by atoms with E-state index in [9.17, 15) is 0 Å². The Balaban J connectivity index is 0. The van der Waals surface area contributed by atoms with Gasteiger partial charge in [-0.05, 0) is 94.4 Å². The highest BCUT2D eigenvalue weighted by molar-refractivity contribution is 6.32. The van der Waals surface area contributed by atoms with E-state index in [0.29, 0.717) is 5.41 Å². The van der Waals surface area contributed by atoms with E-state index in [1.165, 1.54) is 72.8 Å². The topological polar surface area (TPSA) is 12.4 Å². The largest absolute Gasteiger partial charge is 0.253 e. The van der Waals surface area contributed by atoms with Crippen LogP contribution >= 0.6 is 0 Å². The molecule has 1 heteroatoms. The van der Waals surface area contributed by atoms with Crippen LogP contribution in [-0.2, 0) is 0 Å². The van der Waals surface area contributed by atoms with Crippen molar-refractivity contribution in [3.63, 3.8) is 0 Å². The molecular weight excluding hydrogens is 434 g/mol. The fourth-order valence-corrected chi connectivity index (χ4v) is 4.98. The molecule has 0 aliphatic rings. The molecule has 1 atom stereocenters. The van der Waals surface area contributed by atoms with E-state index in [4.69, 9.17) is 0 Å². The summed E-state index contributed by atoms with van der Waals surface area (Å²) in [7, 11) is 0. The minimum Gasteiger partial charge on any atom is -0.253 e. The number of nitrogens with zero attached hydrogens (tertiary/aromatic N) is 1. The Morgan fingerprint density at radius 1 is 0.917 bits per heavy atom. The van der Waals surface area contributed by atoms with Gasteiger partial charge in [0.15, 0.2) is 0 Å². The van der Waals surface area contributed by atoms with Crippen LogP contribution in [0.3, 0.4) is 0 Å². The van der Waals surface area contributed by atoms with Gasteiger partial charge < -0.3 is 0 Å². The number of hydrogen-bond donors (Lipinski definition) is 0. The fraction of sp³-hybridized carbons (Fsp3) is 0.629. The van der Waals surface area contributed by atoms with E-state index in [-0.39, 0.29) is 0 Å². The molecule has 36 heavy (non-hydrogen) atoms. The summed E-state index contributed by atoms with van der Waals surface area (Å²) in [5, 5.41) is 0. The van der Waals surface area contributed by atoms with Gasteiger partial charge in [0.2, 0.25) is 0 Å². The van der Waals surface area contributed by atoms with E-state index >= 15 is 0 Å². The van der Waals surface area contributed by atoms with Gasteiger partial charge in [0.05, 0.1) is 5.71 Å². The fourth-order valence-electron chi connectivity index (χ4n) is 4.98. The molecule has 0 radical (unpaired) electrons. The van der Waals surface area contributed by atoms with E-state index in [1.807, 2.05) is 27.7 Å². The minimum absolute atomic E-state index is 0.666. The number of aliphatic imine (C=N–C) groups is 1. The van der Waals surface area contributed by atoms with E-state index in [0.717, 1.165) is 22.9 Å². The van der Waals surface area contributed by atoms with E-state index in [1.54, 1.807) is 0 Å². The summed E-state index contributed by atoms with van der Waals surface area (Å²) in [6, 6.07) is 6.39. The van der Waals surface area contributed by atoms with Crippen molar-refractivity contribution in [2.75, 3.05) is 0 Å². The Hall–Kier alpha value is -1.89. The maximum absolute atomic E-state index is 4.61. The first kappa shape index (κ1) is 36.3. The molecule has 1 aromatic rings. The Labute approximate surface area is 227 Å². The third-order valence-electron chi connectivity index (χ3n) is 7.11. The zero-order chi connectivity index (χ0) is 28.5. The van der Waals surface area contributed by atoms with Crippen LogP contribution in [0.4, 0.5) is 0 Å². The van der Waals surface area contributed by atoms with Crippen LogP contribution in [0.15, 0.2) is 53.2 Å². The maximum Gasteiger partial charge on any atom is 0.0733 e. The summed E-state index contributed by atoms with van der Waals surface area (Å²) < 4.78 is 0. The predicted molar refractivity (Wildman–Crippen MR) is 169 cm³/mol. The molecule has 1 nitrogen and oxygen atoms in total. The zero-order valence-corrected chi connectivity index (χ0v) is 26.6. The molecule has 0 fully saturated rings. The average molecular weight is 496 g/mol. The summed E-state index contributed by atoms with van der Waals surface area (Å²) in [6.45, 7) is 36.2. The first-order chi connectivity index (χ1) is 16.9. The van der Waals surface area contributed by atoms with Gasteiger partial charge in [0, 0.05) is 11.3 Å². The quantitative estimate of drug-likeness (QED) is 0.256.